The number of anilines is 1. The Kier molecular flexibility index (Phi) is 4.15. The summed E-state index contributed by atoms with van der Waals surface area (Å²) < 4.78 is 26.1. The molecular formula is C14H18N2O2S2. The largest absolute Gasteiger partial charge is 0.248 e. The van der Waals surface area contributed by atoms with Crippen molar-refractivity contribution in [3.63, 3.8) is 0 Å². The van der Waals surface area contributed by atoms with Gasteiger partial charge in [0.25, 0.3) is 0 Å². The highest BCUT2D eigenvalue weighted by molar-refractivity contribution is 7.92. The number of aryl methyl sites for hydroxylation is 3. The first-order valence-corrected chi connectivity index (χ1v) is 8.68. The minimum Gasteiger partial charge on any atom is -0.248 e. The Morgan fingerprint density at radius 2 is 1.95 bits per heavy atom. The standard InChI is InChI=1S/C14H18N2O2S2/c1-10-6-5-7-13(8-10)9-20(17,18)16(4)14-15-11(2)12(3)19-14/h5-8H,9H2,1-4H3. The molecule has 0 aliphatic carbocycles. The molecule has 0 radical (unpaired) electrons. The summed E-state index contributed by atoms with van der Waals surface area (Å²) in [6, 6.07) is 7.55. The van der Waals surface area contributed by atoms with Crippen LogP contribution in [0.5, 0.6) is 0 Å². The fourth-order valence-corrected chi connectivity index (χ4v) is 4.12. The summed E-state index contributed by atoms with van der Waals surface area (Å²) in [5.41, 5.74) is 2.73. The molecule has 0 fully saturated rings. The molecule has 0 aliphatic heterocycles. The van der Waals surface area contributed by atoms with Gasteiger partial charge in [-0.25, -0.2) is 17.7 Å². The van der Waals surface area contributed by atoms with Gasteiger partial charge in [-0.2, -0.15) is 0 Å². The molecule has 0 saturated heterocycles. The van der Waals surface area contributed by atoms with E-state index in [9.17, 15) is 8.42 Å². The Hall–Kier alpha value is -1.40. The van der Waals surface area contributed by atoms with Crippen LogP contribution in [0.3, 0.4) is 0 Å². The summed E-state index contributed by atoms with van der Waals surface area (Å²) in [5, 5.41) is 0.521. The maximum absolute atomic E-state index is 12.4. The van der Waals surface area contributed by atoms with E-state index in [-0.39, 0.29) is 5.75 Å². The van der Waals surface area contributed by atoms with Crippen molar-refractivity contribution in [3.8, 4) is 0 Å². The smallest absolute Gasteiger partial charge is 0.240 e. The predicted octanol–water partition coefficient (Wildman–Crippen LogP) is 3.03. The van der Waals surface area contributed by atoms with E-state index in [1.54, 1.807) is 7.05 Å². The molecule has 1 aromatic carbocycles. The second-order valence-electron chi connectivity index (χ2n) is 4.85. The molecular weight excluding hydrogens is 292 g/mol. The zero-order valence-electron chi connectivity index (χ0n) is 12.0. The van der Waals surface area contributed by atoms with Gasteiger partial charge < -0.3 is 0 Å². The van der Waals surface area contributed by atoms with Gasteiger partial charge in [0.15, 0.2) is 5.13 Å². The first kappa shape index (κ1) is 15.0. The Morgan fingerprint density at radius 3 is 2.50 bits per heavy atom. The monoisotopic (exact) mass is 310 g/mol. The topological polar surface area (TPSA) is 50.3 Å². The number of nitrogens with zero attached hydrogens (tertiary/aromatic N) is 2. The molecule has 0 N–H and O–H groups in total. The van der Waals surface area contributed by atoms with E-state index in [1.807, 2.05) is 45.0 Å². The molecule has 4 nitrogen and oxygen atoms in total. The fraction of sp³-hybridized carbons (Fsp3) is 0.357. The maximum Gasteiger partial charge on any atom is 0.240 e. The van der Waals surface area contributed by atoms with Crippen LogP contribution in [-0.4, -0.2) is 20.4 Å². The molecule has 0 saturated carbocycles. The zero-order chi connectivity index (χ0) is 14.9. The molecule has 2 aromatic rings. The molecule has 1 aromatic heterocycles. The van der Waals surface area contributed by atoms with Crippen molar-refractivity contribution in [1.82, 2.24) is 4.98 Å². The maximum atomic E-state index is 12.4. The second kappa shape index (κ2) is 5.54. The third kappa shape index (κ3) is 3.19. The average molecular weight is 310 g/mol. The molecule has 1 heterocycles. The summed E-state index contributed by atoms with van der Waals surface area (Å²) in [4.78, 5) is 5.34. The van der Waals surface area contributed by atoms with Crippen LogP contribution >= 0.6 is 11.3 Å². The highest BCUT2D eigenvalue weighted by Crippen LogP contribution is 2.27. The van der Waals surface area contributed by atoms with Crippen LogP contribution in [0.15, 0.2) is 24.3 Å². The van der Waals surface area contributed by atoms with E-state index in [4.69, 9.17) is 0 Å². The van der Waals surface area contributed by atoms with Gasteiger partial charge in [-0.3, -0.25) is 0 Å². The van der Waals surface area contributed by atoms with Crippen molar-refractivity contribution in [1.29, 1.82) is 0 Å². The van der Waals surface area contributed by atoms with Gasteiger partial charge in [-0.15, -0.1) is 11.3 Å². The normalized spacial score (nSPS) is 11.6. The van der Waals surface area contributed by atoms with Crippen LogP contribution in [0.1, 0.15) is 21.7 Å². The number of rotatable bonds is 4. The molecule has 108 valence electrons. The number of aromatic nitrogens is 1. The Balaban J connectivity index is 2.26. The van der Waals surface area contributed by atoms with Crippen molar-refractivity contribution < 1.29 is 8.42 Å². The highest BCUT2D eigenvalue weighted by atomic mass is 32.2. The van der Waals surface area contributed by atoms with Crippen LogP contribution in [0.2, 0.25) is 0 Å². The first-order chi connectivity index (χ1) is 9.29. The Bertz CT molecular complexity index is 701. The lowest BCUT2D eigenvalue weighted by molar-refractivity contribution is 0.593. The van der Waals surface area contributed by atoms with Gasteiger partial charge in [-0.1, -0.05) is 29.8 Å². The van der Waals surface area contributed by atoms with Crippen molar-refractivity contribution in [3.05, 3.63) is 46.0 Å². The van der Waals surface area contributed by atoms with Crippen molar-refractivity contribution in [2.75, 3.05) is 11.4 Å². The van der Waals surface area contributed by atoms with Gasteiger partial charge in [0.05, 0.1) is 11.4 Å². The number of thiazole rings is 1. The number of hydrogen-bond donors (Lipinski definition) is 0. The van der Waals surface area contributed by atoms with Gasteiger partial charge >= 0.3 is 0 Å². The van der Waals surface area contributed by atoms with E-state index >= 15 is 0 Å². The Morgan fingerprint density at radius 1 is 1.25 bits per heavy atom. The minimum atomic E-state index is -3.41. The molecule has 0 amide bonds. The van der Waals surface area contributed by atoms with E-state index in [2.05, 4.69) is 4.98 Å². The molecule has 20 heavy (non-hydrogen) atoms. The first-order valence-electron chi connectivity index (χ1n) is 6.26. The molecule has 0 unspecified atom stereocenters. The second-order valence-corrected chi connectivity index (χ2v) is 8.03. The number of sulfonamides is 1. The Labute approximate surface area is 124 Å². The van der Waals surface area contributed by atoms with Crippen LogP contribution in [-0.2, 0) is 15.8 Å². The molecule has 0 spiro atoms. The minimum absolute atomic E-state index is 0.0111. The lowest BCUT2D eigenvalue weighted by Crippen LogP contribution is -2.27. The molecule has 2 rings (SSSR count). The van der Waals surface area contributed by atoms with Gasteiger partial charge in [0.2, 0.25) is 10.0 Å². The third-order valence-electron chi connectivity index (χ3n) is 3.14. The van der Waals surface area contributed by atoms with E-state index in [0.29, 0.717) is 5.13 Å². The van der Waals surface area contributed by atoms with Gasteiger partial charge in [0.1, 0.15) is 0 Å². The molecule has 0 bridgehead atoms. The van der Waals surface area contributed by atoms with Crippen molar-refractivity contribution in [2.24, 2.45) is 0 Å². The highest BCUT2D eigenvalue weighted by Gasteiger charge is 2.22. The predicted molar refractivity (Wildman–Crippen MR) is 83.8 cm³/mol. The fourth-order valence-electron chi connectivity index (χ4n) is 1.82. The lowest BCUT2D eigenvalue weighted by Gasteiger charge is -2.16. The van der Waals surface area contributed by atoms with E-state index < -0.39 is 10.0 Å². The third-order valence-corrected chi connectivity index (χ3v) is 6.11. The van der Waals surface area contributed by atoms with Gasteiger partial charge in [-0.05, 0) is 26.3 Å². The van der Waals surface area contributed by atoms with Crippen LogP contribution in [0.25, 0.3) is 0 Å². The lowest BCUT2D eigenvalue weighted by atomic mass is 10.2. The molecule has 6 heteroatoms. The summed E-state index contributed by atoms with van der Waals surface area (Å²) in [6.07, 6.45) is 0. The van der Waals surface area contributed by atoms with E-state index in [0.717, 1.165) is 21.7 Å². The van der Waals surface area contributed by atoms with Crippen LogP contribution in [0, 0.1) is 20.8 Å². The average Bonchev–Trinajstić information content (AvgIpc) is 2.68. The van der Waals surface area contributed by atoms with Crippen LogP contribution in [0.4, 0.5) is 5.13 Å². The number of hydrogen-bond acceptors (Lipinski definition) is 4. The summed E-state index contributed by atoms with van der Waals surface area (Å²) in [7, 11) is -1.85. The van der Waals surface area contributed by atoms with Crippen molar-refractivity contribution in [2.45, 2.75) is 26.5 Å². The molecule has 0 aliphatic rings. The molecule has 0 atom stereocenters. The van der Waals surface area contributed by atoms with Crippen molar-refractivity contribution >= 4 is 26.5 Å². The van der Waals surface area contributed by atoms with E-state index in [1.165, 1.54) is 15.6 Å². The summed E-state index contributed by atoms with van der Waals surface area (Å²) in [5.74, 6) is -0.0111. The number of benzene rings is 1. The van der Waals surface area contributed by atoms with Gasteiger partial charge in [0, 0.05) is 11.9 Å². The summed E-state index contributed by atoms with van der Waals surface area (Å²) >= 11 is 1.40. The quantitative estimate of drug-likeness (QED) is 0.872. The van der Waals surface area contributed by atoms with Crippen LogP contribution < -0.4 is 4.31 Å². The SMILES string of the molecule is Cc1cccc(CS(=O)(=O)N(C)c2nc(C)c(C)s2)c1. The summed E-state index contributed by atoms with van der Waals surface area (Å²) in [6.45, 7) is 5.78. The zero-order valence-corrected chi connectivity index (χ0v) is 13.7.